The zero-order chi connectivity index (χ0) is 11.1. The number of carbonyl (C=O) groups excluding carboxylic acids is 1. The average Bonchev–Trinajstić information content (AvgIpc) is 2.30. The largest absolute Gasteiger partial charge is 0.298 e. The number of hydrogen-bond acceptors (Lipinski definition) is 1. The van der Waals surface area contributed by atoms with Crippen LogP contribution < -0.4 is 0 Å². The van der Waals surface area contributed by atoms with Crippen LogP contribution in [0.4, 0.5) is 0 Å². The molecule has 0 saturated heterocycles. The van der Waals surface area contributed by atoms with Gasteiger partial charge in [-0.2, -0.15) is 0 Å². The third-order valence-corrected chi connectivity index (χ3v) is 2.12. The fraction of sp³-hybridized carbons (Fsp3) is 0.0714. The SMILES string of the molecule is C=C/C=C\C(=C/C)c1ccccc1C=O. The molecule has 0 atom stereocenters. The Balaban J connectivity index is 3.18. The van der Waals surface area contributed by atoms with Gasteiger partial charge < -0.3 is 0 Å². The summed E-state index contributed by atoms with van der Waals surface area (Å²) in [5, 5.41) is 0. The Bertz CT molecular complexity index is 411. The minimum absolute atomic E-state index is 0.708. The minimum Gasteiger partial charge on any atom is -0.298 e. The van der Waals surface area contributed by atoms with Crippen LogP contribution in [0.15, 0.2) is 55.1 Å². The molecule has 76 valence electrons. The van der Waals surface area contributed by atoms with Gasteiger partial charge in [0.25, 0.3) is 0 Å². The van der Waals surface area contributed by atoms with E-state index in [2.05, 4.69) is 6.58 Å². The van der Waals surface area contributed by atoms with E-state index in [9.17, 15) is 4.79 Å². The molecular formula is C14H14O. The van der Waals surface area contributed by atoms with Gasteiger partial charge in [0.1, 0.15) is 0 Å². The van der Waals surface area contributed by atoms with Gasteiger partial charge in [0.2, 0.25) is 0 Å². The Labute approximate surface area is 90.4 Å². The maximum atomic E-state index is 10.9. The summed E-state index contributed by atoms with van der Waals surface area (Å²) in [7, 11) is 0. The standard InChI is InChI=1S/C14H14O/c1-3-5-8-12(4-2)14-10-7-6-9-13(14)11-15/h3-11H,1H2,2H3/b8-5-,12-4+. The van der Waals surface area contributed by atoms with Gasteiger partial charge in [0.05, 0.1) is 0 Å². The van der Waals surface area contributed by atoms with E-state index in [0.717, 1.165) is 17.4 Å². The molecule has 0 saturated carbocycles. The molecule has 0 spiro atoms. The molecule has 1 nitrogen and oxygen atoms in total. The predicted octanol–water partition coefficient (Wildman–Crippen LogP) is 3.64. The third kappa shape index (κ3) is 2.78. The van der Waals surface area contributed by atoms with Crippen molar-refractivity contribution in [3.05, 3.63) is 66.3 Å². The van der Waals surface area contributed by atoms with Crippen LogP contribution in [0.5, 0.6) is 0 Å². The van der Waals surface area contributed by atoms with E-state index in [1.165, 1.54) is 0 Å². The van der Waals surface area contributed by atoms with Crippen molar-refractivity contribution >= 4 is 11.9 Å². The lowest BCUT2D eigenvalue weighted by molar-refractivity contribution is 0.112. The molecule has 0 heterocycles. The number of aldehydes is 1. The van der Waals surface area contributed by atoms with Crippen molar-refractivity contribution in [2.24, 2.45) is 0 Å². The van der Waals surface area contributed by atoms with E-state index < -0.39 is 0 Å². The van der Waals surface area contributed by atoms with Crippen LogP contribution in [0.3, 0.4) is 0 Å². The van der Waals surface area contributed by atoms with Gasteiger partial charge in [-0.1, -0.05) is 55.1 Å². The molecule has 1 aromatic carbocycles. The van der Waals surface area contributed by atoms with Crippen molar-refractivity contribution in [1.29, 1.82) is 0 Å². The molecule has 0 bridgehead atoms. The third-order valence-electron chi connectivity index (χ3n) is 2.12. The lowest BCUT2D eigenvalue weighted by Gasteiger charge is -2.04. The Morgan fingerprint density at radius 1 is 1.33 bits per heavy atom. The quantitative estimate of drug-likeness (QED) is 0.533. The molecule has 15 heavy (non-hydrogen) atoms. The van der Waals surface area contributed by atoms with Gasteiger partial charge in [-0.15, -0.1) is 0 Å². The zero-order valence-corrected chi connectivity index (χ0v) is 8.81. The normalized spacial score (nSPS) is 11.7. The van der Waals surface area contributed by atoms with E-state index in [1.807, 2.05) is 49.4 Å². The van der Waals surface area contributed by atoms with Crippen LogP contribution in [-0.4, -0.2) is 6.29 Å². The highest BCUT2D eigenvalue weighted by atomic mass is 16.1. The van der Waals surface area contributed by atoms with Crippen molar-refractivity contribution in [1.82, 2.24) is 0 Å². The summed E-state index contributed by atoms with van der Waals surface area (Å²) in [6.45, 7) is 5.57. The second-order valence-corrected chi connectivity index (χ2v) is 3.04. The molecule has 0 unspecified atom stereocenters. The highest BCUT2D eigenvalue weighted by Gasteiger charge is 2.02. The van der Waals surface area contributed by atoms with Crippen molar-refractivity contribution in [2.45, 2.75) is 6.92 Å². The second-order valence-electron chi connectivity index (χ2n) is 3.04. The highest BCUT2D eigenvalue weighted by Crippen LogP contribution is 2.19. The first-order valence-electron chi connectivity index (χ1n) is 4.83. The molecule has 1 rings (SSSR count). The molecule has 0 fully saturated rings. The Morgan fingerprint density at radius 2 is 2.07 bits per heavy atom. The highest BCUT2D eigenvalue weighted by molar-refractivity contribution is 5.88. The molecule has 0 N–H and O–H groups in total. The molecule has 1 heteroatoms. The maximum Gasteiger partial charge on any atom is 0.150 e. The number of rotatable bonds is 4. The van der Waals surface area contributed by atoms with E-state index in [-0.39, 0.29) is 0 Å². The van der Waals surface area contributed by atoms with Gasteiger partial charge in [-0.25, -0.2) is 0 Å². The number of hydrogen-bond donors (Lipinski definition) is 0. The van der Waals surface area contributed by atoms with E-state index in [1.54, 1.807) is 6.08 Å². The van der Waals surface area contributed by atoms with Gasteiger partial charge in [-0.05, 0) is 18.1 Å². The summed E-state index contributed by atoms with van der Waals surface area (Å²) in [5.74, 6) is 0. The van der Waals surface area contributed by atoms with Gasteiger partial charge in [-0.3, -0.25) is 4.79 Å². The summed E-state index contributed by atoms with van der Waals surface area (Å²) in [6.07, 6.45) is 8.36. The molecule has 0 aromatic heterocycles. The van der Waals surface area contributed by atoms with Crippen LogP contribution in [0.2, 0.25) is 0 Å². The smallest absolute Gasteiger partial charge is 0.150 e. The van der Waals surface area contributed by atoms with Crippen LogP contribution in [0.1, 0.15) is 22.8 Å². The van der Waals surface area contributed by atoms with Gasteiger partial charge in [0.15, 0.2) is 6.29 Å². The molecule has 0 radical (unpaired) electrons. The molecule has 0 amide bonds. The number of allylic oxidation sites excluding steroid dienone is 5. The van der Waals surface area contributed by atoms with Crippen LogP contribution in [-0.2, 0) is 0 Å². The van der Waals surface area contributed by atoms with Crippen molar-refractivity contribution < 1.29 is 4.79 Å². The second kappa shape index (κ2) is 5.76. The fourth-order valence-electron chi connectivity index (χ4n) is 1.38. The molecule has 0 aliphatic carbocycles. The average molecular weight is 198 g/mol. The summed E-state index contributed by atoms with van der Waals surface area (Å²) in [6, 6.07) is 7.53. The van der Waals surface area contributed by atoms with Crippen molar-refractivity contribution in [3.63, 3.8) is 0 Å². The van der Waals surface area contributed by atoms with Crippen molar-refractivity contribution in [2.75, 3.05) is 0 Å². The summed E-state index contributed by atoms with van der Waals surface area (Å²) < 4.78 is 0. The van der Waals surface area contributed by atoms with E-state index >= 15 is 0 Å². The first-order chi connectivity index (χ1) is 7.33. The Kier molecular flexibility index (Phi) is 4.30. The lowest BCUT2D eigenvalue weighted by Crippen LogP contribution is -1.89. The van der Waals surface area contributed by atoms with Crippen LogP contribution in [0, 0.1) is 0 Å². The molecular weight excluding hydrogens is 184 g/mol. The molecule has 0 aliphatic heterocycles. The van der Waals surface area contributed by atoms with Crippen LogP contribution >= 0.6 is 0 Å². The van der Waals surface area contributed by atoms with Gasteiger partial charge in [0, 0.05) is 5.56 Å². The maximum absolute atomic E-state index is 10.9. The summed E-state index contributed by atoms with van der Waals surface area (Å²) in [4.78, 5) is 10.9. The zero-order valence-electron chi connectivity index (χ0n) is 8.81. The first-order valence-corrected chi connectivity index (χ1v) is 4.83. The monoisotopic (exact) mass is 198 g/mol. The predicted molar refractivity (Wildman–Crippen MR) is 64.8 cm³/mol. The summed E-state index contributed by atoms with van der Waals surface area (Å²) >= 11 is 0. The van der Waals surface area contributed by atoms with E-state index in [0.29, 0.717) is 5.56 Å². The minimum atomic E-state index is 0.708. The number of carbonyl (C=O) groups is 1. The van der Waals surface area contributed by atoms with E-state index in [4.69, 9.17) is 0 Å². The van der Waals surface area contributed by atoms with Crippen molar-refractivity contribution in [3.8, 4) is 0 Å². The number of benzene rings is 1. The topological polar surface area (TPSA) is 17.1 Å². The molecule has 0 aliphatic rings. The summed E-state index contributed by atoms with van der Waals surface area (Å²) in [5.41, 5.74) is 2.69. The lowest BCUT2D eigenvalue weighted by atomic mass is 10.00. The van der Waals surface area contributed by atoms with Crippen LogP contribution in [0.25, 0.3) is 5.57 Å². The van der Waals surface area contributed by atoms with Gasteiger partial charge >= 0.3 is 0 Å². The fourth-order valence-corrected chi connectivity index (χ4v) is 1.38. The Hall–Kier alpha value is -1.89. The first kappa shape index (κ1) is 11.2. The molecule has 1 aromatic rings. The Morgan fingerprint density at radius 3 is 2.67 bits per heavy atom.